The summed E-state index contributed by atoms with van der Waals surface area (Å²) in [7, 11) is 0. The van der Waals surface area contributed by atoms with Crippen LogP contribution in [0.3, 0.4) is 0 Å². The predicted octanol–water partition coefficient (Wildman–Crippen LogP) is 3.79. The van der Waals surface area contributed by atoms with Gasteiger partial charge < -0.3 is 5.32 Å². The molecule has 0 atom stereocenters. The molecule has 0 bridgehead atoms. The zero-order valence-electron chi connectivity index (χ0n) is 14.7. The fourth-order valence-corrected chi connectivity index (χ4v) is 4.07. The number of benzene rings is 2. The Morgan fingerprint density at radius 3 is 2.68 bits per heavy atom. The van der Waals surface area contributed by atoms with E-state index in [9.17, 15) is 4.79 Å². The van der Waals surface area contributed by atoms with Crippen LogP contribution in [0.25, 0.3) is 0 Å². The number of likely N-dealkylation sites (tertiary alicyclic amines) is 1. The van der Waals surface area contributed by atoms with Crippen molar-refractivity contribution in [2.75, 3.05) is 31.5 Å². The van der Waals surface area contributed by atoms with E-state index in [2.05, 4.69) is 52.7 Å². The van der Waals surface area contributed by atoms with Gasteiger partial charge in [-0.15, -0.1) is 0 Å². The summed E-state index contributed by atoms with van der Waals surface area (Å²) in [6.07, 6.45) is 4.58. The van der Waals surface area contributed by atoms with Gasteiger partial charge in [0.05, 0.1) is 6.54 Å². The normalized spacial score (nSPS) is 17.9. The smallest absolute Gasteiger partial charge is 0.176 e. The summed E-state index contributed by atoms with van der Waals surface area (Å²) < 4.78 is 0. The second-order valence-electron chi connectivity index (χ2n) is 7.38. The van der Waals surface area contributed by atoms with Crippen LogP contribution in [-0.2, 0) is 12.8 Å². The molecule has 3 nitrogen and oxygen atoms in total. The van der Waals surface area contributed by atoms with Gasteiger partial charge in [-0.05, 0) is 74.0 Å². The van der Waals surface area contributed by atoms with Gasteiger partial charge in [-0.3, -0.25) is 9.69 Å². The van der Waals surface area contributed by atoms with Gasteiger partial charge in [-0.2, -0.15) is 0 Å². The Hall–Kier alpha value is -2.13. The molecule has 1 N–H and O–H groups in total. The van der Waals surface area contributed by atoms with Crippen LogP contribution in [0, 0.1) is 5.92 Å². The number of anilines is 1. The van der Waals surface area contributed by atoms with Gasteiger partial charge >= 0.3 is 0 Å². The number of hydrogen-bond acceptors (Lipinski definition) is 3. The quantitative estimate of drug-likeness (QED) is 0.844. The monoisotopic (exact) mass is 334 g/mol. The van der Waals surface area contributed by atoms with Crippen LogP contribution in [0.5, 0.6) is 0 Å². The zero-order chi connectivity index (χ0) is 17.1. The van der Waals surface area contributed by atoms with Crippen molar-refractivity contribution in [1.82, 2.24) is 4.90 Å². The second kappa shape index (κ2) is 7.40. The number of nitrogens with zero attached hydrogens (tertiary/aromatic N) is 1. The Kier molecular flexibility index (Phi) is 4.84. The molecule has 4 rings (SSSR count). The number of fused-ring (bicyclic) bond motifs is 1. The minimum absolute atomic E-state index is 0.260. The minimum Gasteiger partial charge on any atom is -0.384 e. The first-order valence-electron chi connectivity index (χ1n) is 9.44. The number of rotatable bonds is 5. The third-order valence-electron chi connectivity index (χ3n) is 5.58. The molecule has 25 heavy (non-hydrogen) atoms. The summed E-state index contributed by atoms with van der Waals surface area (Å²) in [5, 5.41) is 3.35. The SMILES string of the molecule is O=C(CN1CCC(Cc2ccccc2)CC1)c1ccc2c(c1)CCN2. The van der Waals surface area contributed by atoms with Crippen LogP contribution in [0.1, 0.15) is 34.3 Å². The molecule has 1 saturated heterocycles. The van der Waals surface area contributed by atoms with Crippen LogP contribution >= 0.6 is 0 Å². The van der Waals surface area contributed by atoms with E-state index >= 15 is 0 Å². The maximum absolute atomic E-state index is 12.6. The Balaban J connectivity index is 1.29. The van der Waals surface area contributed by atoms with Gasteiger partial charge in [0.1, 0.15) is 0 Å². The molecule has 2 aromatic carbocycles. The summed E-state index contributed by atoms with van der Waals surface area (Å²) in [4.78, 5) is 15.0. The van der Waals surface area contributed by atoms with Crippen LogP contribution in [0.4, 0.5) is 5.69 Å². The van der Waals surface area contributed by atoms with Crippen molar-refractivity contribution in [1.29, 1.82) is 0 Å². The highest BCUT2D eigenvalue weighted by Gasteiger charge is 2.22. The molecule has 0 spiro atoms. The number of carbonyl (C=O) groups is 1. The summed E-state index contributed by atoms with van der Waals surface area (Å²) in [5.41, 5.74) is 4.78. The third kappa shape index (κ3) is 3.93. The minimum atomic E-state index is 0.260. The molecular weight excluding hydrogens is 308 g/mol. The topological polar surface area (TPSA) is 32.3 Å². The van der Waals surface area contributed by atoms with E-state index in [4.69, 9.17) is 0 Å². The molecule has 0 unspecified atom stereocenters. The molecular formula is C22H26N2O. The van der Waals surface area contributed by atoms with Crippen LogP contribution in [-0.4, -0.2) is 36.9 Å². The lowest BCUT2D eigenvalue weighted by Gasteiger charge is -2.31. The van der Waals surface area contributed by atoms with E-state index in [0.29, 0.717) is 6.54 Å². The molecule has 0 amide bonds. The van der Waals surface area contributed by atoms with Gasteiger partial charge in [0.25, 0.3) is 0 Å². The van der Waals surface area contributed by atoms with Gasteiger partial charge in [0.2, 0.25) is 0 Å². The van der Waals surface area contributed by atoms with Gasteiger partial charge in [-0.25, -0.2) is 0 Å². The van der Waals surface area contributed by atoms with Gasteiger partial charge in [0, 0.05) is 17.8 Å². The Bertz CT molecular complexity index is 733. The predicted molar refractivity (Wildman–Crippen MR) is 102 cm³/mol. The first-order chi connectivity index (χ1) is 12.3. The van der Waals surface area contributed by atoms with Crippen LogP contribution in [0.15, 0.2) is 48.5 Å². The van der Waals surface area contributed by atoms with E-state index in [1.807, 2.05) is 6.07 Å². The molecule has 3 heteroatoms. The van der Waals surface area contributed by atoms with Crippen molar-refractivity contribution in [3.05, 3.63) is 65.2 Å². The Labute approximate surface area is 150 Å². The zero-order valence-corrected chi connectivity index (χ0v) is 14.7. The lowest BCUT2D eigenvalue weighted by atomic mass is 9.90. The average molecular weight is 334 g/mol. The van der Waals surface area contributed by atoms with Gasteiger partial charge in [0.15, 0.2) is 5.78 Å². The molecule has 0 aliphatic carbocycles. The van der Waals surface area contributed by atoms with E-state index in [1.165, 1.54) is 36.1 Å². The molecule has 2 heterocycles. The van der Waals surface area contributed by atoms with E-state index in [0.717, 1.165) is 37.5 Å². The molecule has 0 aromatic heterocycles. The molecule has 2 aliphatic heterocycles. The highest BCUT2D eigenvalue weighted by molar-refractivity contribution is 5.98. The summed E-state index contributed by atoms with van der Waals surface area (Å²) in [6, 6.07) is 16.9. The van der Waals surface area contributed by atoms with Crippen molar-refractivity contribution in [2.45, 2.75) is 25.7 Å². The lowest BCUT2D eigenvalue weighted by molar-refractivity contribution is 0.0895. The molecule has 1 fully saturated rings. The van der Waals surface area contributed by atoms with Crippen molar-refractivity contribution >= 4 is 11.5 Å². The third-order valence-corrected chi connectivity index (χ3v) is 5.58. The molecule has 0 saturated carbocycles. The molecule has 130 valence electrons. The van der Waals surface area contributed by atoms with E-state index < -0.39 is 0 Å². The average Bonchev–Trinajstić information content (AvgIpc) is 3.12. The largest absolute Gasteiger partial charge is 0.384 e. The molecule has 0 radical (unpaired) electrons. The first-order valence-corrected chi connectivity index (χ1v) is 9.44. The fourth-order valence-electron chi connectivity index (χ4n) is 4.07. The number of Topliss-reactive ketones (excluding diaryl/α,β-unsaturated/α-hetero) is 1. The highest BCUT2D eigenvalue weighted by Crippen LogP contribution is 2.24. The molecule has 2 aliphatic rings. The number of piperidine rings is 1. The Morgan fingerprint density at radius 1 is 1.08 bits per heavy atom. The maximum Gasteiger partial charge on any atom is 0.176 e. The van der Waals surface area contributed by atoms with Crippen molar-refractivity contribution in [2.24, 2.45) is 5.92 Å². The number of nitrogens with one attached hydrogen (secondary N) is 1. The number of ketones is 1. The standard InChI is InChI=1S/C22H26N2O/c25-22(20-6-7-21-19(15-20)8-11-23-21)16-24-12-9-18(10-13-24)14-17-4-2-1-3-5-17/h1-7,15,18,23H,8-14,16H2. The number of hydrogen-bond donors (Lipinski definition) is 1. The van der Waals surface area contributed by atoms with Crippen LogP contribution < -0.4 is 5.32 Å². The summed E-state index contributed by atoms with van der Waals surface area (Å²) in [5.74, 6) is 1.01. The lowest BCUT2D eigenvalue weighted by Crippen LogP contribution is -2.37. The van der Waals surface area contributed by atoms with E-state index in [1.54, 1.807) is 0 Å². The van der Waals surface area contributed by atoms with E-state index in [-0.39, 0.29) is 5.78 Å². The number of carbonyl (C=O) groups excluding carboxylic acids is 1. The second-order valence-corrected chi connectivity index (χ2v) is 7.38. The molecule has 2 aromatic rings. The van der Waals surface area contributed by atoms with Crippen molar-refractivity contribution < 1.29 is 4.79 Å². The van der Waals surface area contributed by atoms with Crippen molar-refractivity contribution in [3.63, 3.8) is 0 Å². The highest BCUT2D eigenvalue weighted by atomic mass is 16.1. The van der Waals surface area contributed by atoms with Crippen LogP contribution in [0.2, 0.25) is 0 Å². The van der Waals surface area contributed by atoms with Gasteiger partial charge in [-0.1, -0.05) is 30.3 Å². The fraction of sp³-hybridized carbons (Fsp3) is 0.409. The Morgan fingerprint density at radius 2 is 1.88 bits per heavy atom. The van der Waals surface area contributed by atoms with Crippen molar-refractivity contribution in [3.8, 4) is 0 Å². The maximum atomic E-state index is 12.6. The summed E-state index contributed by atoms with van der Waals surface area (Å²) in [6.45, 7) is 3.62. The summed E-state index contributed by atoms with van der Waals surface area (Å²) >= 11 is 0. The first kappa shape index (κ1) is 16.3.